The summed E-state index contributed by atoms with van der Waals surface area (Å²) in [5.41, 5.74) is 20.1. The van der Waals surface area contributed by atoms with Gasteiger partial charge in [0.15, 0.2) is 5.96 Å². The van der Waals surface area contributed by atoms with Gasteiger partial charge in [0.2, 0.25) is 5.91 Å². The van der Waals surface area contributed by atoms with Crippen LogP contribution in [0.4, 0.5) is 0 Å². The number of rotatable bonds is 10. The number of aliphatic imine (C=N–C) groups is 1. The lowest BCUT2D eigenvalue weighted by Gasteiger charge is -2.46. The van der Waals surface area contributed by atoms with Gasteiger partial charge in [-0.1, -0.05) is 84.9 Å². The van der Waals surface area contributed by atoms with Gasteiger partial charge in [0.25, 0.3) is 0 Å². The molecular formula is C34H42N6O. The summed E-state index contributed by atoms with van der Waals surface area (Å²) in [4.78, 5) is 22.5. The van der Waals surface area contributed by atoms with E-state index in [4.69, 9.17) is 17.2 Å². The summed E-state index contributed by atoms with van der Waals surface area (Å²) in [5, 5.41) is 4.88. The van der Waals surface area contributed by atoms with Crippen LogP contribution in [0.25, 0.3) is 21.5 Å². The highest BCUT2D eigenvalue weighted by atomic mass is 16.2. The monoisotopic (exact) mass is 550 g/mol. The Morgan fingerprint density at radius 3 is 2.15 bits per heavy atom. The summed E-state index contributed by atoms with van der Waals surface area (Å²) in [6.45, 7) is 5.18. The molecule has 214 valence electrons. The summed E-state index contributed by atoms with van der Waals surface area (Å²) >= 11 is 0. The molecule has 41 heavy (non-hydrogen) atoms. The Morgan fingerprint density at radius 1 is 0.878 bits per heavy atom. The molecular weight excluding hydrogens is 508 g/mol. The Hall–Kier alpha value is -3.94. The van der Waals surface area contributed by atoms with Crippen LogP contribution in [0.1, 0.15) is 30.9 Å². The predicted octanol–water partition coefficient (Wildman–Crippen LogP) is 4.06. The van der Waals surface area contributed by atoms with E-state index >= 15 is 0 Å². The number of fused-ring (bicyclic) bond motifs is 2. The molecule has 4 aromatic carbocycles. The van der Waals surface area contributed by atoms with Gasteiger partial charge in [-0.15, -0.1) is 0 Å². The average Bonchev–Trinajstić information content (AvgIpc) is 2.98. The molecule has 1 saturated heterocycles. The maximum Gasteiger partial charge on any atom is 0.240 e. The fraction of sp³-hybridized carbons (Fsp3) is 0.353. The third-order valence-electron chi connectivity index (χ3n) is 8.33. The molecule has 1 fully saturated rings. The number of amides is 1. The summed E-state index contributed by atoms with van der Waals surface area (Å²) < 4.78 is 0. The molecule has 0 radical (unpaired) electrons. The predicted molar refractivity (Wildman–Crippen MR) is 170 cm³/mol. The van der Waals surface area contributed by atoms with Crippen LogP contribution in [0.3, 0.4) is 0 Å². The average molecular weight is 551 g/mol. The summed E-state index contributed by atoms with van der Waals surface area (Å²) in [5.74, 6) is 0.121. The van der Waals surface area contributed by atoms with E-state index in [0.717, 1.165) is 43.3 Å². The zero-order chi connectivity index (χ0) is 28.8. The zero-order valence-electron chi connectivity index (χ0n) is 24.0. The summed E-state index contributed by atoms with van der Waals surface area (Å²) in [6, 6.07) is 29.5. The molecule has 6 N–H and O–H groups in total. The van der Waals surface area contributed by atoms with Crippen molar-refractivity contribution in [3.63, 3.8) is 0 Å². The minimum atomic E-state index is -0.590. The van der Waals surface area contributed by atoms with Crippen molar-refractivity contribution in [2.45, 2.75) is 50.7 Å². The van der Waals surface area contributed by atoms with Crippen molar-refractivity contribution in [3.05, 3.63) is 96.1 Å². The van der Waals surface area contributed by atoms with Crippen LogP contribution in [-0.4, -0.2) is 66.0 Å². The first-order chi connectivity index (χ1) is 19.9. The van der Waals surface area contributed by atoms with Gasteiger partial charge in [0, 0.05) is 38.3 Å². The highest BCUT2D eigenvalue weighted by Crippen LogP contribution is 2.23. The molecule has 0 aromatic heterocycles. The number of nitrogens with two attached hydrogens (primary N) is 3. The first-order valence-electron chi connectivity index (χ1n) is 14.7. The molecule has 1 aliphatic heterocycles. The summed E-state index contributed by atoms with van der Waals surface area (Å²) in [6.07, 6.45) is 3.11. The second-order valence-corrected chi connectivity index (χ2v) is 11.4. The first-order valence-corrected chi connectivity index (χ1v) is 14.7. The fourth-order valence-corrected chi connectivity index (χ4v) is 6.05. The second kappa shape index (κ2) is 13.1. The van der Waals surface area contributed by atoms with Gasteiger partial charge < -0.3 is 22.1 Å². The molecule has 5 rings (SSSR count). The largest absolute Gasteiger partial charge is 0.370 e. The first kappa shape index (κ1) is 28.6. The van der Waals surface area contributed by atoms with Crippen molar-refractivity contribution < 1.29 is 4.79 Å². The van der Waals surface area contributed by atoms with Gasteiger partial charge in [-0.25, -0.2) is 0 Å². The van der Waals surface area contributed by atoms with E-state index in [0.29, 0.717) is 19.5 Å². The number of nitrogens with zero attached hydrogens (tertiary/aromatic N) is 3. The van der Waals surface area contributed by atoms with Crippen LogP contribution in [0.2, 0.25) is 0 Å². The highest BCUT2D eigenvalue weighted by Gasteiger charge is 2.35. The number of guanidine groups is 1. The molecule has 1 heterocycles. The minimum absolute atomic E-state index is 0.0195. The SMILES string of the molecule is C[C@@H]1CN(C(=O)[C@@H](N)Cc2ccc3ccccc3c2)C(CCCN=C(N)N)CN1CCc1ccc2ccccc2c1. The molecule has 1 unspecified atom stereocenters. The Kier molecular flexibility index (Phi) is 9.17. The van der Waals surface area contributed by atoms with Crippen LogP contribution >= 0.6 is 0 Å². The summed E-state index contributed by atoms with van der Waals surface area (Å²) in [7, 11) is 0. The topological polar surface area (TPSA) is 114 Å². The minimum Gasteiger partial charge on any atom is -0.370 e. The van der Waals surface area contributed by atoms with Gasteiger partial charge in [-0.2, -0.15) is 0 Å². The van der Waals surface area contributed by atoms with Crippen molar-refractivity contribution in [1.82, 2.24) is 9.80 Å². The smallest absolute Gasteiger partial charge is 0.240 e. The lowest BCUT2D eigenvalue weighted by Crippen LogP contribution is -2.62. The van der Waals surface area contributed by atoms with Crippen LogP contribution in [-0.2, 0) is 17.6 Å². The van der Waals surface area contributed by atoms with Crippen molar-refractivity contribution in [3.8, 4) is 0 Å². The van der Waals surface area contributed by atoms with Gasteiger partial charge in [-0.05, 0) is 65.3 Å². The van der Waals surface area contributed by atoms with Gasteiger partial charge in [-0.3, -0.25) is 14.7 Å². The van der Waals surface area contributed by atoms with Gasteiger partial charge in [0.05, 0.1) is 6.04 Å². The van der Waals surface area contributed by atoms with E-state index in [1.807, 2.05) is 17.0 Å². The van der Waals surface area contributed by atoms with Gasteiger partial charge >= 0.3 is 0 Å². The number of hydrogen-bond acceptors (Lipinski definition) is 4. The Bertz CT molecular complexity index is 1510. The number of carbonyl (C=O) groups is 1. The third-order valence-corrected chi connectivity index (χ3v) is 8.33. The number of benzene rings is 4. The lowest BCUT2D eigenvalue weighted by molar-refractivity contribution is -0.139. The third kappa shape index (κ3) is 7.23. The van der Waals surface area contributed by atoms with E-state index in [1.165, 1.54) is 21.7 Å². The molecule has 0 spiro atoms. The molecule has 0 saturated carbocycles. The molecule has 4 aromatic rings. The standard InChI is InChI=1S/C34H42N6O/c1-24-22-40(33(41)32(35)21-26-13-15-28-8-3-5-10-30(28)20-26)31(11-6-17-38-34(36)37)23-39(24)18-16-25-12-14-27-7-2-4-9-29(27)19-25/h2-5,7-10,12-15,19-20,24,31-32H,6,11,16-18,21-23,35H2,1H3,(H4,36,37,38)/t24-,31?,32+/m1/s1. The Balaban J connectivity index is 1.26. The fourth-order valence-electron chi connectivity index (χ4n) is 6.05. The van der Waals surface area contributed by atoms with Crippen molar-refractivity contribution in [1.29, 1.82) is 0 Å². The normalized spacial score (nSPS) is 18.4. The quantitative estimate of drug-likeness (QED) is 0.157. The molecule has 7 heteroatoms. The zero-order valence-corrected chi connectivity index (χ0v) is 24.0. The van der Waals surface area contributed by atoms with Crippen LogP contribution in [0, 0.1) is 0 Å². The van der Waals surface area contributed by atoms with E-state index in [9.17, 15) is 4.79 Å². The maximum absolute atomic E-state index is 13.8. The second-order valence-electron chi connectivity index (χ2n) is 11.4. The molecule has 0 aliphatic carbocycles. The van der Waals surface area contributed by atoms with Crippen LogP contribution in [0.15, 0.2) is 89.9 Å². The van der Waals surface area contributed by atoms with Crippen molar-refractivity contribution in [2.75, 3.05) is 26.2 Å². The maximum atomic E-state index is 13.8. The van der Waals surface area contributed by atoms with Crippen molar-refractivity contribution in [2.24, 2.45) is 22.2 Å². The van der Waals surface area contributed by atoms with E-state index in [2.05, 4.69) is 89.6 Å². The Labute approximate surface area is 243 Å². The Morgan fingerprint density at radius 2 is 1.49 bits per heavy atom. The molecule has 1 amide bonds. The number of piperazine rings is 1. The molecule has 1 aliphatic rings. The lowest BCUT2D eigenvalue weighted by atomic mass is 9.97. The van der Waals surface area contributed by atoms with E-state index in [1.54, 1.807) is 0 Å². The van der Waals surface area contributed by atoms with Crippen LogP contribution < -0.4 is 17.2 Å². The number of carbonyl (C=O) groups excluding carboxylic acids is 1. The van der Waals surface area contributed by atoms with E-state index in [-0.39, 0.29) is 24.0 Å². The molecule has 3 atom stereocenters. The van der Waals surface area contributed by atoms with Gasteiger partial charge in [0.1, 0.15) is 0 Å². The van der Waals surface area contributed by atoms with Crippen LogP contribution in [0.5, 0.6) is 0 Å². The highest BCUT2D eigenvalue weighted by molar-refractivity contribution is 5.85. The molecule has 0 bridgehead atoms. The molecule has 7 nitrogen and oxygen atoms in total. The van der Waals surface area contributed by atoms with E-state index < -0.39 is 6.04 Å². The van der Waals surface area contributed by atoms with Crippen molar-refractivity contribution >= 4 is 33.4 Å². The number of hydrogen-bond donors (Lipinski definition) is 3.